The monoisotopic (exact) mass is 325 g/mol. The number of halogens is 1. The fraction of sp³-hybridized carbons (Fsp3) is 0.214. The lowest BCUT2D eigenvalue weighted by Gasteiger charge is -2.06. The molecule has 0 aliphatic rings. The molecule has 0 aliphatic carbocycles. The summed E-state index contributed by atoms with van der Waals surface area (Å²) in [6.07, 6.45) is 1.36. The minimum atomic E-state index is -3.60. The zero-order valence-corrected chi connectivity index (χ0v) is 12.9. The summed E-state index contributed by atoms with van der Waals surface area (Å²) in [4.78, 5) is 12.1. The van der Waals surface area contributed by atoms with Crippen molar-refractivity contribution in [3.8, 4) is 0 Å². The van der Waals surface area contributed by atoms with Crippen molar-refractivity contribution in [2.75, 3.05) is 7.05 Å². The van der Waals surface area contributed by atoms with Crippen molar-refractivity contribution in [2.24, 2.45) is 7.05 Å². The minimum absolute atomic E-state index is 0.0180. The molecule has 0 fully saturated rings. The van der Waals surface area contributed by atoms with E-state index in [4.69, 9.17) is 0 Å². The van der Waals surface area contributed by atoms with Crippen LogP contribution in [0.2, 0.25) is 0 Å². The molecule has 2 aromatic rings. The first-order chi connectivity index (χ1) is 10.3. The Morgan fingerprint density at radius 1 is 1.27 bits per heavy atom. The van der Waals surface area contributed by atoms with E-state index in [0.29, 0.717) is 0 Å². The summed E-state index contributed by atoms with van der Waals surface area (Å²) in [7, 11) is -0.711. The summed E-state index contributed by atoms with van der Waals surface area (Å²) < 4.78 is 39.8. The number of carbonyl (C=O) groups is 1. The number of rotatable bonds is 5. The molecule has 118 valence electrons. The van der Waals surface area contributed by atoms with Gasteiger partial charge in [-0.1, -0.05) is 12.1 Å². The molecule has 1 heterocycles. The van der Waals surface area contributed by atoms with Crippen LogP contribution in [0.1, 0.15) is 16.1 Å². The van der Waals surface area contributed by atoms with Gasteiger partial charge in [-0.15, -0.1) is 0 Å². The molecule has 0 unspecified atom stereocenters. The van der Waals surface area contributed by atoms with Crippen molar-refractivity contribution >= 4 is 15.9 Å². The summed E-state index contributed by atoms with van der Waals surface area (Å²) in [6.45, 7) is 0.221. The van der Waals surface area contributed by atoms with E-state index in [1.807, 2.05) is 0 Å². The van der Waals surface area contributed by atoms with Crippen molar-refractivity contribution in [1.82, 2.24) is 14.6 Å². The predicted molar refractivity (Wildman–Crippen MR) is 79.2 cm³/mol. The first-order valence-electron chi connectivity index (χ1n) is 6.46. The fourth-order valence-corrected chi connectivity index (χ4v) is 2.70. The van der Waals surface area contributed by atoms with Crippen LogP contribution in [0.4, 0.5) is 4.39 Å². The highest BCUT2D eigenvalue weighted by molar-refractivity contribution is 7.89. The summed E-state index contributed by atoms with van der Waals surface area (Å²) >= 11 is 0. The number of amides is 1. The molecule has 0 aliphatic heterocycles. The average Bonchev–Trinajstić information content (AvgIpc) is 2.89. The van der Waals surface area contributed by atoms with Crippen LogP contribution in [0.3, 0.4) is 0 Å². The zero-order valence-electron chi connectivity index (χ0n) is 12.1. The van der Waals surface area contributed by atoms with Gasteiger partial charge in [-0.25, -0.2) is 17.5 Å². The van der Waals surface area contributed by atoms with Crippen LogP contribution >= 0.6 is 0 Å². The zero-order chi connectivity index (χ0) is 16.3. The topological polar surface area (TPSA) is 80.2 Å². The van der Waals surface area contributed by atoms with Crippen molar-refractivity contribution in [3.63, 3.8) is 0 Å². The Morgan fingerprint density at radius 3 is 2.50 bits per heavy atom. The Kier molecular flexibility index (Phi) is 4.62. The van der Waals surface area contributed by atoms with E-state index >= 15 is 0 Å². The lowest BCUT2D eigenvalue weighted by Crippen LogP contribution is -2.24. The molecular formula is C14H16FN3O3S. The molecular weight excluding hydrogens is 309 g/mol. The van der Waals surface area contributed by atoms with Gasteiger partial charge in [-0.05, 0) is 30.8 Å². The van der Waals surface area contributed by atoms with Gasteiger partial charge in [0, 0.05) is 19.8 Å². The summed E-state index contributed by atoms with van der Waals surface area (Å²) in [6, 6.07) is 7.05. The van der Waals surface area contributed by atoms with Crippen molar-refractivity contribution in [3.05, 3.63) is 53.6 Å². The molecule has 1 aromatic carbocycles. The third-order valence-corrected chi connectivity index (χ3v) is 4.54. The van der Waals surface area contributed by atoms with Crippen LogP contribution in [0.25, 0.3) is 0 Å². The minimum Gasteiger partial charge on any atom is -0.347 e. The summed E-state index contributed by atoms with van der Waals surface area (Å²) in [5.41, 5.74) is 0.961. The summed E-state index contributed by atoms with van der Waals surface area (Å²) in [5, 5.41) is 2.66. The Morgan fingerprint density at radius 2 is 1.91 bits per heavy atom. The van der Waals surface area contributed by atoms with Gasteiger partial charge in [0.1, 0.15) is 16.4 Å². The molecule has 1 aromatic heterocycles. The molecule has 8 heteroatoms. The van der Waals surface area contributed by atoms with Crippen LogP contribution in [0.15, 0.2) is 41.4 Å². The second-order valence-corrected chi connectivity index (χ2v) is 6.58. The number of carbonyl (C=O) groups excluding carboxylic acids is 1. The molecule has 22 heavy (non-hydrogen) atoms. The van der Waals surface area contributed by atoms with E-state index in [-0.39, 0.29) is 23.0 Å². The van der Waals surface area contributed by atoms with Crippen molar-refractivity contribution in [1.29, 1.82) is 0 Å². The maximum atomic E-state index is 12.8. The van der Waals surface area contributed by atoms with Crippen LogP contribution < -0.4 is 10.0 Å². The molecule has 0 saturated carbocycles. The molecule has 2 N–H and O–H groups in total. The van der Waals surface area contributed by atoms with Crippen LogP contribution in [0, 0.1) is 5.82 Å². The lowest BCUT2D eigenvalue weighted by molar-refractivity contribution is 0.0943. The third kappa shape index (κ3) is 3.52. The van der Waals surface area contributed by atoms with Gasteiger partial charge in [-0.3, -0.25) is 4.79 Å². The van der Waals surface area contributed by atoms with E-state index in [9.17, 15) is 17.6 Å². The van der Waals surface area contributed by atoms with Crippen molar-refractivity contribution < 1.29 is 17.6 Å². The first kappa shape index (κ1) is 16.2. The lowest BCUT2D eigenvalue weighted by atomic mass is 10.2. The molecule has 0 atom stereocenters. The Hall–Kier alpha value is -2.19. The summed E-state index contributed by atoms with van der Waals surface area (Å²) in [5.74, 6) is -0.760. The quantitative estimate of drug-likeness (QED) is 0.861. The number of hydrogen-bond donors (Lipinski definition) is 2. The number of aryl methyl sites for hydroxylation is 1. The van der Waals surface area contributed by atoms with E-state index in [0.717, 1.165) is 5.56 Å². The van der Waals surface area contributed by atoms with Gasteiger partial charge in [0.05, 0.1) is 0 Å². The Balaban J connectivity index is 2.11. The third-order valence-electron chi connectivity index (χ3n) is 3.16. The largest absolute Gasteiger partial charge is 0.347 e. The number of aromatic nitrogens is 1. The van der Waals surface area contributed by atoms with Crippen LogP contribution in [0.5, 0.6) is 0 Å². The second kappa shape index (κ2) is 6.29. The van der Waals surface area contributed by atoms with Crippen LogP contribution in [-0.4, -0.2) is 25.9 Å². The highest BCUT2D eigenvalue weighted by Gasteiger charge is 2.18. The number of benzene rings is 1. The normalized spacial score (nSPS) is 11.4. The van der Waals surface area contributed by atoms with Gasteiger partial charge < -0.3 is 9.88 Å². The van der Waals surface area contributed by atoms with E-state index in [1.54, 1.807) is 19.2 Å². The van der Waals surface area contributed by atoms with E-state index < -0.39 is 15.9 Å². The number of hydrogen-bond acceptors (Lipinski definition) is 3. The van der Waals surface area contributed by atoms with E-state index in [2.05, 4.69) is 10.0 Å². The Bertz CT molecular complexity index is 782. The molecule has 0 radical (unpaired) electrons. The maximum absolute atomic E-state index is 12.8. The van der Waals surface area contributed by atoms with Gasteiger partial charge in [-0.2, -0.15) is 0 Å². The highest BCUT2D eigenvalue weighted by Crippen LogP contribution is 2.13. The average molecular weight is 325 g/mol. The SMILES string of the molecule is CNS(=O)(=O)c1cc(C(=O)NCc2ccc(F)cc2)n(C)c1. The molecule has 1 amide bonds. The van der Waals surface area contributed by atoms with Gasteiger partial charge in [0.2, 0.25) is 10.0 Å². The van der Waals surface area contributed by atoms with Crippen molar-refractivity contribution in [2.45, 2.75) is 11.4 Å². The first-order valence-corrected chi connectivity index (χ1v) is 7.94. The fourth-order valence-electron chi connectivity index (χ4n) is 1.90. The maximum Gasteiger partial charge on any atom is 0.268 e. The molecule has 0 saturated heterocycles. The van der Waals surface area contributed by atoms with Gasteiger partial charge in [0.25, 0.3) is 5.91 Å². The predicted octanol–water partition coefficient (Wildman–Crippen LogP) is 1.00. The van der Waals surface area contributed by atoms with Crippen LogP contribution in [-0.2, 0) is 23.6 Å². The van der Waals surface area contributed by atoms with Gasteiger partial charge in [0.15, 0.2) is 0 Å². The molecule has 2 rings (SSSR count). The smallest absolute Gasteiger partial charge is 0.268 e. The molecule has 0 bridgehead atoms. The second-order valence-electron chi connectivity index (χ2n) is 4.69. The number of nitrogens with one attached hydrogen (secondary N) is 2. The molecule has 6 nitrogen and oxygen atoms in total. The standard InChI is InChI=1S/C14H16FN3O3S/c1-16-22(20,21)12-7-13(18(2)9-12)14(19)17-8-10-3-5-11(15)6-4-10/h3-7,9,16H,8H2,1-2H3,(H,17,19). The van der Waals surface area contributed by atoms with Gasteiger partial charge >= 0.3 is 0 Å². The van der Waals surface area contributed by atoms with E-state index in [1.165, 1.54) is 36.0 Å². The molecule has 0 spiro atoms. The number of nitrogens with zero attached hydrogens (tertiary/aromatic N) is 1. The Labute approximate surface area is 128 Å². The number of sulfonamides is 1. The highest BCUT2D eigenvalue weighted by atomic mass is 32.2.